The summed E-state index contributed by atoms with van der Waals surface area (Å²) >= 11 is 6.12. The van der Waals surface area contributed by atoms with Gasteiger partial charge in [-0.15, -0.1) is 0 Å². The van der Waals surface area contributed by atoms with Crippen LogP contribution >= 0.6 is 11.6 Å². The Labute approximate surface area is 132 Å². The molecule has 0 radical (unpaired) electrons. The van der Waals surface area contributed by atoms with Crippen molar-refractivity contribution in [1.29, 1.82) is 0 Å². The molecule has 1 aromatic rings. The second-order valence-corrected chi connectivity index (χ2v) is 5.70. The minimum Gasteiger partial charge on any atom is -0.495 e. The van der Waals surface area contributed by atoms with E-state index in [-0.39, 0.29) is 19.0 Å². The first-order chi connectivity index (χ1) is 10.3. The highest BCUT2D eigenvalue weighted by Crippen LogP contribution is 2.36. The van der Waals surface area contributed by atoms with Gasteiger partial charge in [0.05, 0.1) is 12.1 Å². The van der Waals surface area contributed by atoms with Gasteiger partial charge in [0.2, 0.25) is 0 Å². The number of alkyl halides is 3. The van der Waals surface area contributed by atoms with Gasteiger partial charge in [-0.05, 0) is 36.1 Å². The van der Waals surface area contributed by atoms with Crippen LogP contribution in [0.1, 0.15) is 30.4 Å². The first-order valence-corrected chi connectivity index (χ1v) is 7.38. The number of nitrogens with zero attached hydrogens (tertiary/aromatic N) is 1. The molecule has 0 bridgehead atoms. The van der Waals surface area contributed by atoms with Crippen LogP contribution in [0.4, 0.5) is 13.2 Å². The summed E-state index contributed by atoms with van der Waals surface area (Å²) in [6.07, 6.45) is -3.87. The van der Waals surface area contributed by atoms with Crippen molar-refractivity contribution in [3.8, 4) is 5.75 Å². The molecule has 1 aliphatic heterocycles. The number of fused-ring (bicyclic) bond motifs is 1. The van der Waals surface area contributed by atoms with Gasteiger partial charge in [-0.3, -0.25) is 4.79 Å². The Morgan fingerprint density at radius 3 is 2.68 bits per heavy atom. The van der Waals surface area contributed by atoms with Crippen LogP contribution in [0.25, 0.3) is 0 Å². The summed E-state index contributed by atoms with van der Waals surface area (Å²) in [6.45, 7) is 1.96. The highest BCUT2D eigenvalue weighted by Gasteiger charge is 2.43. The summed E-state index contributed by atoms with van der Waals surface area (Å²) in [5.41, 5.74) is 1.77. The van der Waals surface area contributed by atoms with Crippen LogP contribution in [0, 0.1) is 0 Å². The average Bonchev–Trinajstić information content (AvgIpc) is 2.63. The molecule has 7 heteroatoms. The number of rotatable bonds is 2. The normalized spacial score (nSPS) is 18.6. The Kier molecular flexibility index (Phi) is 4.90. The molecule has 2 rings (SSSR count). The fourth-order valence-electron chi connectivity index (χ4n) is 2.79. The van der Waals surface area contributed by atoms with E-state index >= 15 is 0 Å². The van der Waals surface area contributed by atoms with Crippen LogP contribution in [0.3, 0.4) is 0 Å². The van der Waals surface area contributed by atoms with E-state index in [0.717, 1.165) is 16.0 Å². The van der Waals surface area contributed by atoms with Crippen molar-refractivity contribution < 1.29 is 22.7 Å². The van der Waals surface area contributed by atoms with Crippen molar-refractivity contribution >= 4 is 17.5 Å². The van der Waals surface area contributed by atoms with Crippen LogP contribution in [0.5, 0.6) is 5.75 Å². The molecule has 22 heavy (non-hydrogen) atoms. The van der Waals surface area contributed by atoms with E-state index in [1.807, 2.05) is 6.92 Å². The number of amides is 1. The second kappa shape index (κ2) is 6.36. The van der Waals surface area contributed by atoms with Crippen molar-refractivity contribution in [2.75, 3.05) is 20.2 Å². The topological polar surface area (TPSA) is 29.5 Å². The van der Waals surface area contributed by atoms with Crippen LogP contribution in [-0.4, -0.2) is 37.2 Å². The fourth-order valence-corrected chi connectivity index (χ4v) is 3.04. The van der Waals surface area contributed by atoms with Gasteiger partial charge in [0, 0.05) is 19.0 Å². The van der Waals surface area contributed by atoms with Gasteiger partial charge in [-0.1, -0.05) is 18.5 Å². The summed E-state index contributed by atoms with van der Waals surface area (Å²) in [5, 5.41) is 0.426. The lowest BCUT2D eigenvalue weighted by Gasteiger charge is -2.25. The molecule has 122 valence electrons. The molecule has 3 nitrogen and oxygen atoms in total. The van der Waals surface area contributed by atoms with Crippen LogP contribution < -0.4 is 4.74 Å². The number of carbonyl (C=O) groups is 1. The van der Waals surface area contributed by atoms with Crippen LogP contribution in [0.15, 0.2) is 12.1 Å². The Balaban J connectivity index is 2.36. The highest BCUT2D eigenvalue weighted by atomic mass is 35.5. The molecule has 1 atom stereocenters. The number of methoxy groups -OCH3 is 1. The molecule has 0 saturated heterocycles. The van der Waals surface area contributed by atoms with E-state index in [9.17, 15) is 18.0 Å². The molecule has 0 spiro atoms. The van der Waals surface area contributed by atoms with Gasteiger partial charge in [-0.25, -0.2) is 0 Å². The Bertz CT molecular complexity index is 575. The smallest absolute Gasteiger partial charge is 0.471 e. The molecule has 0 aliphatic carbocycles. The lowest BCUT2D eigenvalue weighted by Crippen LogP contribution is -2.43. The molecule has 1 aromatic carbocycles. The van der Waals surface area contributed by atoms with Crippen molar-refractivity contribution in [1.82, 2.24) is 4.90 Å². The van der Waals surface area contributed by atoms with Crippen LogP contribution in [0.2, 0.25) is 5.02 Å². The third-order valence-corrected chi connectivity index (χ3v) is 4.26. The maximum Gasteiger partial charge on any atom is 0.471 e. The number of hydrogen-bond donors (Lipinski definition) is 0. The molecule has 0 aromatic heterocycles. The molecule has 0 saturated carbocycles. The largest absolute Gasteiger partial charge is 0.495 e. The summed E-state index contributed by atoms with van der Waals surface area (Å²) in [7, 11) is 1.49. The molecule has 0 N–H and O–H groups in total. The highest BCUT2D eigenvalue weighted by molar-refractivity contribution is 6.32. The number of hydrogen-bond acceptors (Lipinski definition) is 2. The standard InChI is InChI=1S/C15H17ClF3NO2/c1-3-9-8-20(14(21)15(17,18)19)5-4-10-6-13(22-2)12(16)7-11(9)10/h6-7,9H,3-5,8H2,1-2H3. The second-order valence-electron chi connectivity index (χ2n) is 5.29. The zero-order valence-electron chi connectivity index (χ0n) is 12.3. The minimum absolute atomic E-state index is 0.0344. The summed E-state index contributed by atoms with van der Waals surface area (Å²) < 4.78 is 43.2. The summed E-state index contributed by atoms with van der Waals surface area (Å²) in [5.74, 6) is -1.46. The Hall–Kier alpha value is -1.43. The molecule has 1 heterocycles. The van der Waals surface area contributed by atoms with E-state index in [1.165, 1.54) is 7.11 Å². The van der Waals surface area contributed by atoms with Gasteiger partial charge in [0.25, 0.3) is 0 Å². The third-order valence-electron chi connectivity index (χ3n) is 3.97. The van der Waals surface area contributed by atoms with Crippen molar-refractivity contribution in [3.63, 3.8) is 0 Å². The monoisotopic (exact) mass is 335 g/mol. The number of halogens is 4. The van der Waals surface area contributed by atoms with Crippen molar-refractivity contribution in [2.45, 2.75) is 31.9 Å². The Morgan fingerprint density at radius 2 is 2.14 bits per heavy atom. The number of ether oxygens (including phenoxy) is 1. The van der Waals surface area contributed by atoms with Gasteiger partial charge in [0.15, 0.2) is 0 Å². The lowest BCUT2D eigenvalue weighted by atomic mass is 9.91. The fraction of sp³-hybridized carbons (Fsp3) is 0.533. The zero-order valence-corrected chi connectivity index (χ0v) is 13.1. The van der Waals surface area contributed by atoms with Gasteiger partial charge < -0.3 is 9.64 Å². The first kappa shape index (κ1) is 16.9. The average molecular weight is 336 g/mol. The third kappa shape index (κ3) is 3.32. The van der Waals surface area contributed by atoms with E-state index in [2.05, 4.69) is 0 Å². The molecule has 1 aliphatic rings. The molecular formula is C15H17ClF3NO2. The molecular weight excluding hydrogens is 319 g/mol. The SMILES string of the molecule is CCC1CN(C(=O)C(F)(F)F)CCc2cc(OC)c(Cl)cc21. The summed E-state index contributed by atoms with van der Waals surface area (Å²) in [6, 6.07) is 3.49. The minimum atomic E-state index is -4.84. The lowest BCUT2D eigenvalue weighted by molar-refractivity contribution is -0.185. The molecule has 1 unspecified atom stereocenters. The van der Waals surface area contributed by atoms with Gasteiger partial charge >= 0.3 is 12.1 Å². The first-order valence-electron chi connectivity index (χ1n) is 7.00. The van der Waals surface area contributed by atoms with Crippen LogP contribution in [-0.2, 0) is 11.2 Å². The quantitative estimate of drug-likeness (QED) is 0.823. The van der Waals surface area contributed by atoms with E-state index < -0.39 is 12.1 Å². The van der Waals surface area contributed by atoms with E-state index in [4.69, 9.17) is 16.3 Å². The maximum absolute atomic E-state index is 12.7. The Morgan fingerprint density at radius 1 is 1.45 bits per heavy atom. The van der Waals surface area contributed by atoms with Gasteiger partial charge in [0.1, 0.15) is 5.75 Å². The van der Waals surface area contributed by atoms with E-state index in [1.54, 1.807) is 12.1 Å². The van der Waals surface area contributed by atoms with Gasteiger partial charge in [-0.2, -0.15) is 13.2 Å². The maximum atomic E-state index is 12.7. The molecule has 0 fully saturated rings. The molecule has 1 amide bonds. The van der Waals surface area contributed by atoms with Crippen molar-refractivity contribution in [2.24, 2.45) is 0 Å². The number of carbonyl (C=O) groups excluding carboxylic acids is 1. The van der Waals surface area contributed by atoms with E-state index in [0.29, 0.717) is 23.6 Å². The summed E-state index contributed by atoms with van der Waals surface area (Å²) in [4.78, 5) is 12.4. The number of benzene rings is 1. The van der Waals surface area contributed by atoms with Crippen molar-refractivity contribution in [3.05, 3.63) is 28.3 Å². The zero-order chi connectivity index (χ0) is 16.5. The predicted molar refractivity (Wildman–Crippen MR) is 77.4 cm³/mol. The predicted octanol–water partition coefficient (Wildman–Crippen LogP) is 3.79.